The molecule has 4 heteroatoms. The molecule has 2 unspecified atom stereocenters. The summed E-state index contributed by atoms with van der Waals surface area (Å²) >= 11 is 3.51. The summed E-state index contributed by atoms with van der Waals surface area (Å²) in [5.74, 6) is 0.203. The number of alkyl halides is 1. The molecule has 1 fully saturated rings. The van der Waals surface area contributed by atoms with E-state index in [9.17, 15) is 9.18 Å². The molecule has 1 aliphatic heterocycles. The molecule has 0 saturated carbocycles. The van der Waals surface area contributed by atoms with Crippen LogP contribution in [0.3, 0.4) is 0 Å². The number of likely N-dealkylation sites (tertiary alicyclic amines) is 1. The van der Waals surface area contributed by atoms with E-state index in [1.165, 1.54) is 6.07 Å². The van der Waals surface area contributed by atoms with Gasteiger partial charge in [-0.15, -0.1) is 0 Å². The maximum Gasteiger partial charge on any atom is 0.254 e. The van der Waals surface area contributed by atoms with Gasteiger partial charge in [-0.2, -0.15) is 0 Å². The SMILES string of the molecule is CC1CCN(C(=O)c2ccc(F)c3ccccc23)C1CBr. The first kappa shape index (κ1) is 14.5. The van der Waals surface area contributed by atoms with E-state index in [2.05, 4.69) is 22.9 Å². The third kappa shape index (κ3) is 2.46. The zero-order chi connectivity index (χ0) is 15.0. The van der Waals surface area contributed by atoms with Crippen LogP contribution >= 0.6 is 15.9 Å². The van der Waals surface area contributed by atoms with Crippen molar-refractivity contribution in [3.63, 3.8) is 0 Å². The second kappa shape index (κ2) is 5.76. The van der Waals surface area contributed by atoms with Gasteiger partial charge in [0.25, 0.3) is 5.91 Å². The smallest absolute Gasteiger partial charge is 0.254 e. The van der Waals surface area contributed by atoms with E-state index in [1.54, 1.807) is 18.2 Å². The summed E-state index contributed by atoms with van der Waals surface area (Å²) < 4.78 is 13.9. The minimum atomic E-state index is -0.283. The number of rotatable bonds is 2. The molecule has 0 N–H and O–H groups in total. The Morgan fingerprint density at radius 2 is 2.00 bits per heavy atom. The van der Waals surface area contributed by atoms with Crippen LogP contribution in [0, 0.1) is 11.7 Å². The summed E-state index contributed by atoms with van der Waals surface area (Å²) in [5.41, 5.74) is 0.590. The molecule has 3 rings (SSSR count). The molecule has 1 heterocycles. The number of carbonyl (C=O) groups excluding carboxylic acids is 1. The number of carbonyl (C=O) groups is 1. The van der Waals surface area contributed by atoms with Gasteiger partial charge in [0.15, 0.2) is 0 Å². The fourth-order valence-electron chi connectivity index (χ4n) is 3.10. The van der Waals surface area contributed by atoms with Gasteiger partial charge in [-0.3, -0.25) is 4.79 Å². The van der Waals surface area contributed by atoms with Crippen LogP contribution < -0.4 is 0 Å². The molecule has 2 aromatic carbocycles. The first-order chi connectivity index (χ1) is 10.1. The molecule has 110 valence electrons. The third-order valence-corrected chi connectivity index (χ3v) is 5.07. The lowest BCUT2D eigenvalue weighted by atomic mass is 10.0. The van der Waals surface area contributed by atoms with Gasteiger partial charge in [0.2, 0.25) is 0 Å². The average molecular weight is 350 g/mol. The number of hydrogen-bond acceptors (Lipinski definition) is 1. The molecule has 1 amide bonds. The fourth-order valence-corrected chi connectivity index (χ4v) is 4.09. The molecule has 1 aliphatic rings. The fraction of sp³-hybridized carbons (Fsp3) is 0.353. The van der Waals surface area contributed by atoms with Crippen LogP contribution in [0.25, 0.3) is 10.8 Å². The van der Waals surface area contributed by atoms with E-state index in [0.29, 0.717) is 22.3 Å². The summed E-state index contributed by atoms with van der Waals surface area (Å²) in [6, 6.07) is 10.4. The second-order valence-electron chi connectivity index (χ2n) is 5.63. The molecule has 0 radical (unpaired) electrons. The minimum Gasteiger partial charge on any atom is -0.335 e. The van der Waals surface area contributed by atoms with Gasteiger partial charge in [-0.05, 0) is 29.9 Å². The lowest BCUT2D eigenvalue weighted by Crippen LogP contribution is -2.38. The highest BCUT2D eigenvalue weighted by atomic mass is 79.9. The van der Waals surface area contributed by atoms with Crippen LogP contribution in [0.1, 0.15) is 23.7 Å². The summed E-state index contributed by atoms with van der Waals surface area (Å²) in [4.78, 5) is 14.8. The second-order valence-corrected chi connectivity index (χ2v) is 6.27. The normalized spacial score (nSPS) is 22.0. The minimum absolute atomic E-state index is 0.000000000000000444. The van der Waals surface area contributed by atoms with Gasteiger partial charge >= 0.3 is 0 Å². The van der Waals surface area contributed by atoms with Crippen LogP contribution in [0.5, 0.6) is 0 Å². The Bertz CT molecular complexity index is 688. The summed E-state index contributed by atoms with van der Waals surface area (Å²) in [5, 5.41) is 1.97. The van der Waals surface area contributed by atoms with Gasteiger partial charge in [0.1, 0.15) is 5.82 Å². The molecule has 21 heavy (non-hydrogen) atoms. The Hall–Kier alpha value is -1.42. The van der Waals surface area contributed by atoms with E-state index >= 15 is 0 Å². The Labute approximate surface area is 132 Å². The molecule has 0 spiro atoms. The standard InChI is InChI=1S/C17H17BrFNO/c1-11-8-9-20(16(11)10-18)17(21)14-6-7-15(19)13-5-3-2-4-12(13)14/h2-7,11,16H,8-10H2,1H3. The maximum absolute atomic E-state index is 13.9. The molecule has 1 saturated heterocycles. The highest BCUT2D eigenvalue weighted by Crippen LogP contribution is 2.29. The van der Waals surface area contributed by atoms with Crippen molar-refractivity contribution in [2.45, 2.75) is 19.4 Å². The number of nitrogens with zero attached hydrogens (tertiary/aromatic N) is 1. The highest BCUT2D eigenvalue weighted by molar-refractivity contribution is 9.09. The van der Waals surface area contributed by atoms with Gasteiger partial charge in [0.05, 0.1) is 0 Å². The quantitative estimate of drug-likeness (QED) is 0.743. The largest absolute Gasteiger partial charge is 0.335 e. The lowest BCUT2D eigenvalue weighted by Gasteiger charge is -2.26. The van der Waals surface area contributed by atoms with Crippen LogP contribution in [-0.4, -0.2) is 28.7 Å². The molecule has 2 nitrogen and oxygen atoms in total. The predicted molar refractivity (Wildman–Crippen MR) is 86.3 cm³/mol. The zero-order valence-electron chi connectivity index (χ0n) is 11.9. The van der Waals surface area contributed by atoms with Crippen LogP contribution in [-0.2, 0) is 0 Å². The molecule has 2 atom stereocenters. The number of fused-ring (bicyclic) bond motifs is 1. The Morgan fingerprint density at radius 3 is 2.71 bits per heavy atom. The number of benzene rings is 2. The molecule has 0 aliphatic carbocycles. The summed E-state index contributed by atoms with van der Waals surface area (Å²) in [6.45, 7) is 2.93. The van der Waals surface area contributed by atoms with E-state index in [-0.39, 0.29) is 17.8 Å². The zero-order valence-corrected chi connectivity index (χ0v) is 13.4. The van der Waals surface area contributed by atoms with Crippen LogP contribution in [0.15, 0.2) is 36.4 Å². The van der Waals surface area contributed by atoms with Crippen molar-refractivity contribution >= 4 is 32.6 Å². The molecular formula is C17H17BrFNO. The van der Waals surface area contributed by atoms with Crippen molar-refractivity contribution in [1.29, 1.82) is 0 Å². The summed E-state index contributed by atoms with van der Waals surface area (Å²) in [6.07, 6.45) is 1.02. The Kier molecular flexibility index (Phi) is 3.98. The molecule has 2 aromatic rings. The number of halogens is 2. The highest BCUT2D eigenvalue weighted by Gasteiger charge is 2.34. The monoisotopic (exact) mass is 349 g/mol. The van der Waals surface area contributed by atoms with E-state index < -0.39 is 0 Å². The van der Waals surface area contributed by atoms with E-state index in [0.717, 1.165) is 18.3 Å². The molecular weight excluding hydrogens is 333 g/mol. The van der Waals surface area contributed by atoms with Crippen LogP contribution in [0.2, 0.25) is 0 Å². The first-order valence-electron chi connectivity index (χ1n) is 7.17. The number of hydrogen-bond donors (Lipinski definition) is 0. The molecule has 0 bridgehead atoms. The van der Waals surface area contributed by atoms with Crippen molar-refractivity contribution in [3.8, 4) is 0 Å². The lowest BCUT2D eigenvalue weighted by molar-refractivity contribution is 0.0740. The van der Waals surface area contributed by atoms with Crippen molar-refractivity contribution in [2.24, 2.45) is 5.92 Å². The third-order valence-electron chi connectivity index (χ3n) is 4.40. The predicted octanol–water partition coefficient (Wildman–Crippen LogP) is 4.22. The van der Waals surface area contributed by atoms with Crippen LogP contribution in [0.4, 0.5) is 4.39 Å². The van der Waals surface area contributed by atoms with Crippen molar-refractivity contribution in [3.05, 3.63) is 47.8 Å². The van der Waals surface area contributed by atoms with Gasteiger partial charge in [0, 0.05) is 28.9 Å². The topological polar surface area (TPSA) is 20.3 Å². The van der Waals surface area contributed by atoms with Crippen molar-refractivity contribution in [2.75, 3.05) is 11.9 Å². The van der Waals surface area contributed by atoms with Gasteiger partial charge < -0.3 is 4.90 Å². The Morgan fingerprint density at radius 1 is 1.29 bits per heavy atom. The van der Waals surface area contributed by atoms with E-state index in [4.69, 9.17) is 0 Å². The van der Waals surface area contributed by atoms with Gasteiger partial charge in [-0.25, -0.2) is 4.39 Å². The first-order valence-corrected chi connectivity index (χ1v) is 8.30. The van der Waals surface area contributed by atoms with E-state index in [1.807, 2.05) is 17.0 Å². The summed E-state index contributed by atoms with van der Waals surface area (Å²) in [7, 11) is 0. The maximum atomic E-state index is 13.9. The molecule has 0 aromatic heterocycles. The van der Waals surface area contributed by atoms with Crippen molar-refractivity contribution < 1.29 is 9.18 Å². The Balaban J connectivity index is 2.05. The van der Waals surface area contributed by atoms with Gasteiger partial charge in [-0.1, -0.05) is 47.1 Å². The van der Waals surface area contributed by atoms with Crippen molar-refractivity contribution in [1.82, 2.24) is 4.90 Å². The average Bonchev–Trinajstić information content (AvgIpc) is 2.88. The number of amides is 1.